The molecule has 20 heavy (non-hydrogen) atoms. The Kier molecular flexibility index (Phi) is 5.99. The van der Waals surface area contributed by atoms with E-state index in [1.807, 2.05) is 12.1 Å². The second kappa shape index (κ2) is 7.75. The third-order valence-electron chi connectivity index (χ3n) is 4.51. The molecular weight excluding hydrogens is 251 g/mol. The molecule has 0 saturated heterocycles. The van der Waals surface area contributed by atoms with E-state index in [9.17, 15) is 4.39 Å². The molecule has 2 atom stereocenters. The largest absolute Gasteiger partial charge is 0.315 e. The number of benzene rings is 1. The molecule has 0 aliphatic heterocycles. The molecule has 1 aromatic rings. The quantitative estimate of drug-likeness (QED) is 0.906. The van der Waals surface area contributed by atoms with Crippen LogP contribution < -0.4 is 5.32 Å². The van der Waals surface area contributed by atoms with Crippen molar-refractivity contribution < 1.29 is 4.39 Å². The zero-order chi connectivity index (χ0) is 14.4. The number of hydrogen-bond acceptors (Lipinski definition) is 2. The van der Waals surface area contributed by atoms with Gasteiger partial charge in [-0.05, 0) is 44.6 Å². The lowest BCUT2D eigenvalue weighted by molar-refractivity contribution is 0.160. The Balaban J connectivity index is 2.00. The molecule has 1 aliphatic carbocycles. The Morgan fingerprint density at radius 3 is 2.40 bits per heavy atom. The summed E-state index contributed by atoms with van der Waals surface area (Å²) in [4.78, 5) is 2.43. The molecule has 0 heterocycles. The van der Waals surface area contributed by atoms with Crippen molar-refractivity contribution in [3.05, 3.63) is 35.6 Å². The molecule has 0 amide bonds. The zero-order valence-electron chi connectivity index (χ0n) is 12.7. The molecule has 2 nitrogen and oxygen atoms in total. The van der Waals surface area contributed by atoms with Crippen LogP contribution in [0.1, 0.15) is 44.1 Å². The van der Waals surface area contributed by atoms with Crippen molar-refractivity contribution >= 4 is 0 Å². The maximum Gasteiger partial charge on any atom is 0.123 e. The molecule has 2 unspecified atom stereocenters. The lowest BCUT2D eigenvalue weighted by Gasteiger charge is -2.36. The Labute approximate surface area is 122 Å². The van der Waals surface area contributed by atoms with Gasteiger partial charge in [-0.2, -0.15) is 0 Å². The highest BCUT2D eigenvalue weighted by atomic mass is 19.1. The summed E-state index contributed by atoms with van der Waals surface area (Å²) >= 11 is 0. The monoisotopic (exact) mass is 278 g/mol. The topological polar surface area (TPSA) is 15.3 Å². The average molecular weight is 278 g/mol. The normalized spacial score (nSPS) is 24.4. The van der Waals surface area contributed by atoms with Crippen LogP contribution in [0.3, 0.4) is 0 Å². The lowest BCUT2D eigenvalue weighted by atomic mass is 9.91. The maximum absolute atomic E-state index is 13.0. The molecule has 1 saturated carbocycles. The molecule has 0 radical (unpaired) electrons. The first-order chi connectivity index (χ1) is 9.70. The summed E-state index contributed by atoms with van der Waals surface area (Å²) in [5, 5.41) is 3.50. The second-order valence-electron chi connectivity index (χ2n) is 6.00. The zero-order valence-corrected chi connectivity index (χ0v) is 12.7. The number of halogens is 1. The van der Waals surface area contributed by atoms with E-state index < -0.39 is 0 Å². The highest BCUT2D eigenvalue weighted by Crippen LogP contribution is 2.22. The van der Waals surface area contributed by atoms with Crippen molar-refractivity contribution in [1.29, 1.82) is 0 Å². The lowest BCUT2D eigenvalue weighted by Crippen LogP contribution is -2.47. The van der Waals surface area contributed by atoms with Gasteiger partial charge in [0.2, 0.25) is 0 Å². The minimum Gasteiger partial charge on any atom is -0.315 e. The van der Waals surface area contributed by atoms with Crippen molar-refractivity contribution in [2.75, 3.05) is 14.1 Å². The van der Waals surface area contributed by atoms with Crippen molar-refractivity contribution in [1.82, 2.24) is 10.2 Å². The van der Waals surface area contributed by atoms with E-state index in [0.717, 1.165) is 6.54 Å². The molecule has 0 aromatic heterocycles. The van der Waals surface area contributed by atoms with Crippen molar-refractivity contribution in [2.45, 2.75) is 57.2 Å². The third-order valence-corrected chi connectivity index (χ3v) is 4.51. The average Bonchev–Trinajstić information content (AvgIpc) is 2.41. The minimum absolute atomic E-state index is 0.157. The van der Waals surface area contributed by atoms with Crippen LogP contribution >= 0.6 is 0 Å². The van der Waals surface area contributed by atoms with Gasteiger partial charge in [-0.15, -0.1) is 0 Å². The number of rotatable bonds is 4. The first-order valence-electron chi connectivity index (χ1n) is 7.82. The Morgan fingerprint density at radius 1 is 1.10 bits per heavy atom. The van der Waals surface area contributed by atoms with Gasteiger partial charge in [0.25, 0.3) is 0 Å². The van der Waals surface area contributed by atoms with Crippen LogP contribution in [0.25, 0.3) is 0 Å². The molecule has 1 aliphatic rings. The number of likely N-dealkylation sites (N-methyl/N-ethyl adjacent to an activating group) is 2. The van der Waals surface area contributed by atoms with Crippen LogP contribution in [-0.4, -0.2) is 31.1 Å². The second-order valence-corrected chi connectivity index (χ2v) is 6.00. The van der Waals surface area contributed by atoms with Crippen LogP contribution in [0.5, 0.6) is 0 Å². The Morgan fingerprint density at radius 2 is 1.75 bits per heavy atom. The van der Waals surface area contributed by atoms with Gasteiger partial charge in [-0.25, -0.2) is 4.39 Å². The molecule has 1 N–H and O–H groups in total. The number of nitrogens with zero attached hydrogens (tertiary/aromatic N) is 1. The van der Waals surface area contributed by atoms with E-state index >= 15 is 0 Å². The summed E-state index contributed by atoms with van der Waals surface area (Å²) in [7, 11) is 4.27. The van der Waals surface area contributed by atoms with E-state index in [1.54, 1.807) is 12.1 Å². The van der Waals surface area contributed by atoms with Gasteiger partial charge in [0, 0.05) is 18.6 Å². The molecular formula is C17H27FN2. The van der Waals surface area contributed by atoms with Crippen molar-refractivity contribution in [3.63, 3.8) is 0 Å². The van der Waals surface area contributed by atoms with E-state index in [1.165, 1.54) is 44.1 Å². The van der Waals surface area contributed by atoms with E-state index in [2.05, 4.69) is 24.3 Å². The smallest absolute Gasteiger partial charge is 0.123 e. The SMILES string of the molecule is CNC1CCCCCCC1N(C)Cc1ccc(F)cc1. The first-order valence-corrected chi connectivity index (χ1v) is 7.82. The predicted molar refractivity (Wildman–Crippen MR) is 82.2 cm³/mol. The summed E-state index contributed by atoms with van der Waals surface area (Å²) in [5.74, 6) is -0.157. The highest BCUT2D eigenvalue weighted by molar-refractivity contribution is 5.16. The summed E-state index contributed by atoms with van der Waals surface area (Å²) in [6.45, 7) is 0.892. The Bertz CT molecular complexity index is 390. The fourth-order valence-electron chi connectivity index (χ4n) is 3.32. The fraction of sp³-hybridized carbons (Fsp3) is 0.647. The van der Waals surface area contributed by atoms with E-state index in [4.69, 9.17) is 0 Å². The van der Waals surface area contributed by atoms with Crippen LogP contribution in [0.4, 0.5) is 4.39 Å². The summed E-state index contributed by atoms with van der Waals surface area (Å²) in [6.07, 6.45) is 7.88. The van der Waals surface area contributed by atoms with Gasteiger partial charge in [0.1, 0.15) is 5.82 Å². The van der Waals surface area contributed by atoms with Crippen LogP contribution in [0.15, 0.2) is 24.3 Å². The summed E-state index contributed by atoms with van der Waals surface area (Å²) < 4.78 is 13.0. The summed E-state index contributed by atoms with van der Waals surface area (Å²) in [6, 6.07) is 8.03. The molecule has 0 spiro atoms. The third kappa shape index (κ3) is 4.29. The molecule has 112 valence electrons. The number of nitrogens with one attached hydrogen (secondary N) is 1. The van der Waals surface area contributed by atoms with Gasteiger partial charge in [-0.3, -0.25) is 4.90 Å². The maximum atomic E-state index is 13.0. The van der Waals surface area contributed by atoms with Gasteiger partial charge in [-0.1, -0.05) is 37.8 Å². The molecule has 0 bridgehead atoms. The van der Waals surface area contributed by atoms with E-state index in [0.29, 0.717) is 12.1 Å². The van der Waals surface area contributed by atoms with Crippen molar-refractivity contribution in [2.24, 2.45) is 0 Å². The molecule has 1 aromatic carbocycles. The van der Waals surface area contributed by atoms with Gasteiger partial charge in [0.05, 0.1) is 0 Å². The summed E-state index contributed by atoms with van der Waals surface area (Å²) in [5.41, 5.74) is 1.19. The molecule has 2 rings (SSSR count). The van der Waals surface area contributed by atoms with Crippen molar-refractivity contribution in [3.8, 4) is 0 Å². The van der Waals surface area contributed by atoms with Gasteiger partial charge in [0.15, 0.2) is 0 Å². The Hall–Kier alpha value is -0.930. The van der Waals surface area contributed by atoms with Gasteiger partial charge >= 0.3 is 0 Å². The predicted octanol–water partition coefficient (Wildman–Crippen LogP) is 3.57. The number of hydrogen-bond donors (Lipinski definition) is 1. The minimum atomic E-state index is -0.157. The van der Waals surface area contributed by atoms with Crippen LogP contribution in [0.2, 0.25) is 0 Å². The highest BCUT2D eigenvalue weighted by Gasteiger charge is 2.24. The molecule has 1 fully saturated rings. The fourth-order valence-corrected chi connectivity index (χ4v) is 3.32. The van der Waals surface area contributed by atoms with Gasteiger partial charge < -0.3 is 5.32 Å². The van der Waals surface area contributed by atoms with Crippen LogP contribution in [0, 0.1) is 5.82 Å². The molecule has 3 heteroatoms. The first kappa shape index (κ1) is 15.5. The van der Waals surface area contributed by atoms with E-state index in [-0.39, 0.29) is 5.82 Å². The standard InChI is InChI=1S/C17H27FN2/c1-19-16-7-5-3-4-6-8-17(16)20(2)13-14-9-11-15(18)12-10-14/h9-12,16-17,19H,3-8,13H2,1-2H3. The van der Waals surface area contributed by atoms with Crippen LogP contribution in [-0.2, 0) is 6.54 Å².